The summed E-state index contributed by atoms with van der Waals surface area (Å²) in [5, 5.41) is 0. The van der Waals surface area contributed by atoms with Gasteiger partial charge in [-0.2, -0.15) is 0 Å². The molecule has 13 heavy (non-hydrogen) atoms. The van der Waals surface area contributed by atoms with Crippen molar-refractivity contribution >= 4 is 0 Å². The maximum atomic E-state index is 6.16. The van der Waals surface area contributed by atoms with Crippen molar-refractivity contribution in [3.63, 3.8) is 0 Å². The lowest BCUT2D eigenvalue weighted by Crippen LogP contribution is -2.17. The van der Waals surface area contributed by atoms with Crippen LogP contribution in [0, 0.1) is 29.1 Å². The van der Waals surface area contributed by atoms with Crippen molar-refractivity contribution in [3.8, 4) is 0 Å². The van der Waals surface area contributed by atoms with Crippen LogP contribution in [0.25, 0.3) is 0 Å². The molecule has 0 aromatic carbocycles. The fourth-order valence-corrected chi connectivity index (χ4v) is 4.27. The van der Waals surface area contributed by atoms with Crippen molar-refractivity contribution in [2.45, 2.75) is 45.6 Å². The molecule has 0 saturated heterocycles. The summed E-state index contributed by atoms with van der Waals surface area (Å²) in [5.41, 5.74) is 6.62. The van der Waals surface area contributed by atoms with Crippen LogP contribution in [0.3, 0.4) is 0 Å². The molecule has 0 aromatic heterocycles. The van der Waals surface area contributed by atoms with Gasteiger partial charge in [0.2, 0.25) is 0 Å². The SMILES string of the molecule is CC1(C)[C@@H](N)[C@@H]1C1CC2CCC1C2. The van der Waals surface area contributed by atoms with Gasteiger partial charge in [0.15, 0.2) is 0 Å². The molecule has 1 heteroatoms. The van der Waals surface area contributed by atoms with Gasteiger partial charge in [-0.15, -0.1) is 0 Å². The minimum Gasteiger partial charge on any atom is -0.327 e. The molecule has 0 aromatic rings. The second-order valence-electron chi connectivity index (χ2n) is 6.21. The Balaban J connectivity index is 1.75. The summed E-state index contributed by atoms with van der Waals surface area (Å²) in [7, 11) is 0. The van der Waals surface area contributed by atoms with E-state index in [0.29, 0.717) is 11.5 Å². The standard InChI is InChI=1S/C12H21N/c1-12(2)10(11(12)13)9-6-7-3-4-8(9)5-7/h7-11H,3-6,13H2,1-2H3/t7?,8?,9?,10-,11-/m0/s1. The van der Waals surface area contributed by atoms with Gasteiger partial charge in [0.1, 0.15) is 0 Å². The Morgan fingerprint density at radius 2 is 1.85 bits per heavy atom. The largest absolute Gasteiger partial charge is 0.327 e. The average molecular weight is 179 g/mol. The second-order valence-corrected chi connectivity index (χ2v) is 6.21. The number of hydrogen-bond acceptors (Lipinski definition) is 1. The minimum atomic E-state index is 0.467. The molecular formula is C12H21N. The van der Waals surface area contributed by atoms with E-state index in [9.17, 15) is 0 Å². The van der Waals surface area contributed by atoms with Gasteiger partial charge < -0.3 is 5.73 Å². The lowest BCUT2D eigenvalue weighted by molar-refractivity contribution is 0.268. The Morgan fingerprint density at radius 3 is 2.23 bits per heavy atom. The Kier molecular flexibility index (Phi) is 1.47. The molecule has 3 rings (SSSR count). The molecule has 5 atom stereocenters. The van der Waals surface area contributed by atoms with Crippen molar-refractivity contribution in [1.82, 2.24) is 0 Å². The van der Waals surface area contributed by atoms with E-state index < -0.39 is 0 Å². The van der Waals surface area contributed by atoms with Gasteiger partial charge in [0.25, 0.3) is 0 Å². The first-order valence-electron chi connectivity index (χ1n) is 5.86. The molecule has 3 unspecified atom stereocenters. The van der Waals surface area contributed by atoms with E-state index in [1.807, 2.05) is 0 Å². The Hall–Kier alpha value is -0.0400. The van der Waals surface area contributed by atoms with E-state index in [-0.39, 0.29) is 0 Å². The first-order valence-corrected chi connectivity index (χ1v) is 5.86. The number of rotatable bonds is 1. The number of nitrogens with two attached hydrogens (primary N) is 1. The average Bonchev–Trinajstić information content (AvgIpc) is 2.54. The highest BCUT2D eigenvalue weighted by Crippen LogP contribution is 2.63. The van der Waals surface area contributed by atoms with Crippen LogP contribution in [-0.4, -0.2) is 6.04 Å². The van der Waals surface area contributed by atoms with Gasteiger partial charge in [0, 0.05) is 6.04 Å². The maximum Gasteiger partial charge on any atom is 0.0130 e. The Morgan fingerprint density at radius 1 is 1.15 bits per heavy atom. The summed E-state index contributed by atoms with van der Waals surface area (Å²) < 4.78 is 0. The topological polar surface area (TPSA) is 26.0 Å². The molecule has 74 valence electrons. The lowest BCUT2D eigenvalue weighted by Gasteiger charge is -2.22. The predicted octanol–water partition coefficient (Wildman–Crippen LogP) is 2.41. The maximum absolute atomic E-state index is 6.16. The van der Waals surface area contributed by atoms with E-state index in [1.165, 1.54) is 25.7 Å². The third kappa shape index (κ3) is 0.971. The normalized spacial score (nSPS) is 57.0. The van der Waals surface area contributed by atoms with E-state index in [0.717, 1.165) is 23.7 Å². The molecule has 0 spiro atoms. The molecule has 2 bridgehead atoms. The third-order valence-corrected chi connectivity index (χ3v) is 5.25. The van der Waals surface area contributed by atoms with Crippen LogP contribution in [0.2, 0.25) is 0 Å². The number of hydrogen-bond donors (Lipinski definition) is 1. The first-order chi connectivity index (χ1) is 6.10. The summed E-state index contributed by atoms with van der Waals surface area (Å²) >= 11 is 0. The van der Waals surface area contributed by atoms with Gasteiger partial charge in [0.05, 0.1) is 0 Å². The highest BCUT2D eigenvalue weighted by atomic mass is 14.9. The molecule has 2 N–H and O–H groups in total. The molecule has 3 fully saturated rings. The Labute approximate surface area is 81.1 Å². The van der Waals surface area contributed by atoms with E-state index in [2.05, 4.69) is 13.8 Å². The molecule has 3 aliphatic carbocycles. The molecule has 1 nitrogen and oxygen atoms in total. The van der Waals surface area contributed by atoms with Crippen molar-refractivity contribution in [1.29, 1.82) is 0 Å². The van der Waals surface area contributed by atoms with E-state index >= 15 is 0 Å². The van der Waals surface area contributed by atoms with Gasteiger partial charge in [-0.1, -0.05) is 20.3 Å². The third-order valence-electron chi connectivity index (χ3n) is 5.25. The molecule has 3 saturated carbocycles. The summed E-state index contributed by atoms with van der Waals surface area (Å²) in [6, 6.07) is 0.511. The van der Waals surface area contributed by atoms with Crippen molar-refractivity contribution in [2.75, 3.05) is 0 Å². The van der Waals surface area contributed by atoms with Crippen molar-refractivity contribution < 1.29 is 0 Å². The van der Waals surface area contributed by atoms with Crippen LogP contribution in [0.1, 0.15) is 39.5 Å². The van der Waals surface area contributed by atoms with Crippen LogP contribution in [-0.2, 0) is 0 Å². The van der Waals surface area contributed by atoms with E-state index in [4.69, 9.17) is 5.73 Å². The van der Waals surface area contributed by atoms with Gasteiger partial charge in [-0.05, 0) is 48.3 Å². The second kappa shape index (κ2) is 2.31. The molecular weight excluding hydrogens is 158 g/mol. The highest BCUT2D eigenvalue weighted by Gasteiger charge is 2.62. The summed E-state index contributed by atoms with van der Waals surface area (Å²) in [4.78, 5) is 0. The molecule has 0 radical (unpaired) electrons. The first kappa shape index (κ1) is 8.28. The summed E-state index contributed by atoms with van der Waals surface area (Å²) in [6.07, 6.45) is 6.06. The zero-order valence-corrected chi connectivity index (χ0v) is 8.79. The molecule has 0 heterocycles. The Bertz CT molecular complexity index is 233. The molecule has 0 aliphatic heterocycles. The molecule has 3 aliphatic rings. The lowest BCUT2D eigenvalue weighted by atomic mass is 9.83. The van der Waals surface area contributed by atoms with Crippen LogP contribution in [0.4, 0.5) is 0 Å². The van der Waals surface area contributed by atoms with E-state index in [1.54, 1.807) is 0 Å². The smallest absolute Gasteiger partial charge is 0.0130 e. The monoisotopic (exact) mass is 179 g/mol. The van der Waals surface area contributed by atoms with Crippen LogP contribution >= 0.6 is 0 Å². The van der Waals surface area contributed by atoms with Crippen LogP contribution in [0.5, 0.6) is 0 Å². The molecule has 0 amide bonds. The van der Waals surface area contributed by atoms with Gasteiger partial charge in [-0.25, -0.2) is 0 Å². The van der Waals surface area contributed by atoms with Crippen molar-refractivity contribution in [2.24, 2.45) is 34.8 Å². The van der Waals surface area contributed by atoms with Crippen LogP contribution in [0.15, 0.2) is 0 Å². The van der Waals surface area contributed by atoms with Crippen molar-refractivity contribution in [3.05, 3.63) is 0 Å². The predicted molar refractivity (Wildman–Crippen MR) is 54.2 cm³/mol. The summed E-state index contributed by atoms with van der Waals surface area (Å²) in [6.45, 7) is 4.71. The number of fused-ring (bicyclic) bond motifs is 2. The minimum absolute atomic E-state index is 0.467. The fourth-order valence-electron chi connectivity index (χ4n) is 4.27. The highest BCUT2D eigenvalue weighted by molar-refractivity contribution is 5.14. The fraction of sp³-hybridized carbons (Fsp3) is 1.00. The summed E-state index contributed by atoms with van der Waals surface area (Å²) in [5.74, 6) is 4.01. The van der Waals surface area contributed by atoms with Gasteiger partial charge in [-0.3, -0.25) is 0 Å². The quantitative estimate of drug-likeness (QED) is 0.657. The van der Waals surface area contributed by atoms with Gasteiger partial charge >= 0.3 is 0 Å². The van der Waals surface area contributed by atoms with Crippen LogP contribution < -0.4 is 5.73 Å². The zero-order chi connectivity index (χ0) is 9.22. The zero-order valence-electron chi connectivity index (χ0n) is 8.79.